The number of rotatable bonds is 4. The second-order valence-electron chi connectivity index (χ2n) is 6.21. The summed E-state index contributed by atoms with van der Waals surface area (Å²) in [5.74, 6) is -1.17. The number of hydrogen-bond acceptors (Lipinski definition) is 5. The Morgan fingerprint density at radius 2 is 1.86 bits per heavy atom. The summed E-state index contributed by atoms with van der Waals surface area (Å²) < 4.78 is 27.8. The van der Waals surface area contributed by atoms with E-state index in [4.69, 9.17) is 0 Å². The molecule has 0 saturated heterocycles. The van der Waals surface area contributed by atoms with Crippen molar-refractivity contribution < 1.29 is 8.78 Å². The molecule has 28 heavy (non-hydrogen) atoms. The fourth-order valence-electron chi connectivity index (χ4n) is 3.00. The van der Waals surface area contributed by atoms with Crippen molar-refractivity contribution in [1.29, 1.82) is 0 Å². The van der Waals surface area contributed by atoms with Gasteiger partial charge < -0.3 is 4.98 Å². The van der Waals surface area contributed by atoms with Gasteiger partial charge in [0.05, 0.1) is 12.1 Å². The smallest absolute Gasteiger partial charge is 0.248 e. The van der Waals surface area contributed by atoms with Gasteiger partial charge in [-0.25, -0.2) is 23.7 Å². The Labute approximate surface area is 158 Å². The number of benzene rings is 1. The molecule has 0 radical (unpaired) electrons. The van der Waals surface area contributed by atoms with E-state index in [9.17, 15) is 13.6 Å². The number of pyridine rings is 2. The van der Waals surface area contributed by atoms with E-state index in [-0.39, 0.29) is 12.1 Å². The number of aromatic nitrogens is 4. The van der Waals surface area contributed by atoms with Crippen LogP contribution in [0.2, 0.25) is 0 Å². The average Bonchev–Trinajstić information content (AvgIpc) is 2.70. The normalized spacial score (nSPS) is 11.0. The zero-order chi connectivity index (χ0) is 19.7. The Bertz CT molecular complexity index is 1210. The number of hydrogen-bond donors (Lipinski definition) is 1. The maximum Gasteiger partial charge on any atom is 0.248 e. The van der Waals surface area contributed by atoms with Crippen LogP contribution in [0.1, 0.15) is 11.3 Å². The van der Waals surface area contributed by atoms with Gasteiger partial charge in [0.15, 0.2) is 11.6 Å². The number of H-pyrrole nitrogens is 1. The molecule has 0 aliphatic carbocycles. The van der Waals surface area contributed by atoms with Crippen LogP contribution in [0.5, 0.6) is 0 Å². The van der Waals surface area contributed by atoms with Crippen LogP contribution in [-0.2, 0) is 6.54 Å². The highest BCUT2D eigenvalue weighted by atomic mass is 19.2. The predicted molar refractivity (Wildman–Crippen MR) is 101 cm³/mol. The molecule has 0 atom stereocenters. The maximum absolute atomic E-state index is 14.2. The lowest BCUT2D eigenvalue weighted by atomic mass is 10.1. The molecule has 0 spiro atoms. The Morgan fingerprint density at radius 1 is 1.07 bits per heavy atom. The summed E-state index contributed by atoms with van der Waals surface area (Å²) in [5.41, 5.74) is 0.586. The minimum Gasteiger partial charge on any atom is -0.319 e. The first kappa shape index (κ1) is 17.7. The Balaban J connectivity index is 1.88. The van der Waals surface area contributed by atoms with Crippen LogP contribution in [0.15, 0.2) is 59.7 Å². The van der Waals surface area contributed by atoms with Crippen LogP contribution in [0.4, 0.5) is 20.5 Å². The molecule has 0 fully saturated rings. The number of aryl methyl sites for hydroxylation is 1. The number of aromatic amines is 1. The van der Waals surface area contributed by atoms with Crippen molar-refractivity contribution in [3.63, 3.8) is 0 Å². The van der Waals surface area contributed by atoms with Crippen LogP contribution >= 0.6 is 0 Å². The fraction of sp³-hybridized carbons (Fsp3) is 0.100. The quantitative estimate of drug-likeness (QED) is 0.586. The molecule has 0 bridgehead atoms. The first-order chi connectivity index (χ1) is 13.5. The van der Waals surface area contributed by atoms with Crippen molar-refractivity contribution in [1.82, 2.24) is 19.9 Å². The second-order valence-corrected chi connectivity index (χ2v) is 6.21. The lowest BCUT2D eigenvalue weighted by Gasteiger charge is -2.22. The Kier molecular flexibility index (Phi) is 4.52. The zero-order valence-electron chi connectivity index (χ0n) is 14.9. The largest absolute Gasteiger partial charge is 0.319 e. The molecule has 140 valence electrons. The molecule has 1 aromatic carbocycles. The average molecular weight is 379 g/mol. The van der Waals surface area contributed by atoms with E-state index in [0.717, 1.165) is 11.8 Å². The van der Waals surface area contributed by atoms with Gasteiger partial charge in [-0.05, 0) is 42.8 Å². The topological polar surface area (TPSA) is 74.8 Å². The highest BCUT2D eigenvalue weighted by Crippen LogP contribution is 2.26. The minimum atomic E-state index is -1.09. The third-order valence-corrected chi connectivity index (χ3v) is 4.27. The van der Waals surface area contributed by atoms with Gasteiger partial charge in [0, 0.05) is 29.5 Å². The standard InChI is InChI=1S/C20H15F2N5O/c1-12-4-2-5-16(25-12)27(20-23-8-3-9-24-20)11-13-10-17(28)26-19-14(13)6-7-15(21)18(19)22/h2-10H,11H2,1H3,(H,26,28). The van der Waals surface area contributed by atoms with Crippen LogP contribution in [-0.4, -0.2) is 19.9 Å². The van der Waals surface area contributed by atoms with Crippen LogP contribution < -0.4 is 10.5 Å². The summed E-state index contributed by atoms with van der Waals surface area (Å²) in [6.45, 7) is 2.00. The third kappa shape index (κ3) is 3.32. The van der Waals surface area contributed by atoms with E-state index in [0.29, 0.717) is 22.7 Å². The Hall–Kier alpha value is -3.68. The molecule has 6 nitrogen and oxygen atoms in total. The number of fused-ring (bicyclic) bond motifs is 1. The zero-order valence-corrected chi connectivity index (χ0v) is 14.9. The number of nitrogens with zero attached hydrogens (tertiary/aromatic N) is 4. The molecule has 0 aliphatic rings. The van der Waals surface area contributed by atoms with Gasteiger partial charge in [0.1, 0.15) is 5.82 Å². The van der Waals surface area contributed by atoms with Gasteiger partial charge >= 0.3 is 0 Å². The molecule has 3 aromatic heterocycles. The fourth-order valence-corrected chi connectivity index (χ4v) is 3.00. The molecule has 0 saturated carbocycles. The minimum absolute atomic E-state index is 0.145. The highest BCUT2D eigenvalue weighted by molar-refractivity contribution is 5.83. The molecule has 4 rings (SSSR count). The van der Waals surface area contributed by atoms with Crippen LogP contribution in [0.25, 0.3) is 10.9 Å². The van der Waals surface area contributed by atoms with E-state index in [1.165, 1.54) is 12.1 Å². The molecule has 1 N–H and O–H groups in total. The number of nitrogens with one attached hydrogen (secondary N) is 1. The first-order valence-electron chi connectivity index (χ1n) is 8.51. The summed E-state index contributed by atoms with van der Waals surface area (Å²) in [6.07, 6.45) is 3.19. The summed E-state index contributed by atoms with van der Waals surface area (Å²) >= 11 is 0. The third-order valence-electron chi connectivity index (χ3n) is 4.27. The number of anilines is 2. The van der Waals surface area contributed by atoms with Crippen molar-refractivity contribution >= 4 is 22.7 Å². The highest BCUT2D eigenvalue weighted by Gasteiger charge is 2.18. The van der Waals surface area contributed by atoms with E-state index >= 15 is 0 Å². The lowest BCUT2D eigenvalue weighted by molar-refractivity contribution is 0.515. The molecule has 4 aromatic rings. The maximum atomic E-state index is 14.2. The lowest BCUT2D eigenvalue weighted by Crippen LogP contribution is -2.22. The van der Waals surface area contributed by atoms with E-state index in [2.05, 4.69) is 19.9 Å². The first-order valence-corrected chi connectivity index (χ1v) is 8.51. The van der Waals surface area contributed by atoms with Gasteiger partial charge in [-0.15, -0.1) is 0 Å². The van der Waals surface area contributed by atoms with Crippen molar-refractivity contribution in [2.75, 3.05) is 4.90 Å². The van der Waals surface area contributed by atoms with Crippen LogP contribution in [0.3, 0.4) is 0 Å². The molecule has 3 heterocycles. The summed E-state index contributed by atoms with van der Waals surface area (Å²) in [5, 5.41) is 0.395. The van der Waals surface area contributed by atoms with Gasteiger partial charge in [0.2, 0.25) is 11.5 Å². The molecular formula is C20H15F2N5O. The summed E-state index contributed by atoms with van der Waals surface area (Å²) in [7, 11) is 0. The van der Waals surface area contributed by atoms with Crippen molar-refractivity contribution in [3.05, 3.63) is 88.1 Å². The van der Waals surface area contributed by atoms with Crippen molar-refractivity contribution in [2.45, 2.75) is 13.5 Å². The van der Waals surface area contributed by atoms with E-state index < -0.39 is 17.2 Å². The van der Waals surface area contributed by atoms with E-state index in [1.807, 2.05) is 19.1 Å². The molecule has 0 amide bonds. The van der Waals surface area contributed by atoms with Crippen molar-refractivity contribution in [3.8, 4) is 0 Å². The molecule has 0 aliphatic heterocycles. The van der Waals surface area contributed by atoms with Crippen LogP contribution in [0, 0.1) is 18.6 Å². The second kappa shape index (κ2) is 7.15. The summed E-state index contributed by atoms with van der Waals surface area (Å²) in [6, 6.07) is 11.0. The van der Waals surface area contributed by atoms with Gasteiger partial charge in [0.25, 0.3) is 0 Å². The Morgan fingerprint density at radius 3 is 2.61 bits per heavy atom. The number of halogens is 2. The molecule has 0 unspecified atom stereocenters. The van der Waals surface area contributed by atoms with Crippen molar-refractivity contribution in [2.24, 2.45) is 0 Å². The molecule has 8 heteroatoms. The van der Waals surface area contributed by atoms with Gasteiger partial charge in [-0.1, -0.05) is 6.07 Å². The van der Waals surface area contributed by atoms with Gasteiger partial charge in [-0.3, -0.25) is 9.69 Å². The summed E-state index contributed by atoms with van der Waals surface area (Å²) in [4.78, 5) is 29.2. The monoisotopic (exact) mass is 379 g/mol. The predicted octanol–water partition coefficient (Wildman–Crippen LogP) is 3.64. The SMILES string of the molecule is Cc1cccc(N(Cc2cc(=O)[nH]c3c(F)c(F)ccc23)c2ncccn2)n1. The van der Waals surface area contributed by atoms with E-state index in [1.54, 1.807) is 29.4 Å². The molecular weight excluding hydrogens is 364 g/mol. The van der Waals surface area contributed by atoms with Gasteiger partial charge in [-0.2, -0.15) is 0 Å².